The first-order valence-corrected chi connectivity index (χ1v) is 12.4. The predicted molar refractivity (Wildman–Crippen MR) is 130 cm³/mol. The summed E-state index contributed by atoms with van der Waals surface area (Å²) in [5, 5.41) is 1.97. The maximum atomic E-state index is 11.2. The Balaban J connectivity index is 0.000000224. The van der Waals surface area contributed by atoms with Gasteiger partial charge in [-0.3, -0.25) is 0 Å². The number of terminal acetylenes is 1. The highest BCUT2D eigenvalue weighted by molar-refractivity contribution is 14.1. The van der Waals surface area contributed by atoms with E-state index < -0.39 is 9.05 Å². The number of hydrogen-bond donors (Lipinski definition) is 1. The van der Waals surface area contributed by atoms with Gasteiger partial charge in [-0.05, 0) is 78.1 Å². The highest BCUT2D eigenvalue weighted by Gasteiger charge is 2.16. The van der Waals surface area contributed by atoms with Gasteiger partial charge < -0.3 is 5.73 Å². The molecule has 0 bridgehead atoms. The van der Waals surface area contributed by atoms with E-state index in [1.54, 1.807) is 25.2 Å². The molecule has 1 aromatic heterocycles. The lowest BCUT2D eigenvalue weighted by Crippen LogP contribution is -1.98. The fourth-order valence-electron chi connectivity index (χ4n) is 2.39. The number of nitrogen functional groups attached to an aromatic ring is 1. The molecule has 0 aliphatic heterocycles. The molecule has 28 heavy (non-hydrogen) atoms. The van der Waals surface area contributed by atoms with Crippen LogP contribution >= 0.6 is 44.6 Å². The van der Waals surface area contributed by atoms with Crippen molar-refractivity contribution in [3.8, 4) is 12.3 Å². The number of aryl methyl sites for hydroxylation is 3. The van der Waals surface area contributed by atoms with Crippen LogP contribution in [0.5, 0.6) is 0 Å². The SMILES string of the molecule is C#Cc1cccs1.Cc1cc(C)c(S(=O)(=O)Cl)c(C)c1.Nc1ccccc1I. The van der Waals surface area contributed by atoms with E-state index in [-0.39, 0.29) is 4.90 Å². The van der Waals surface area contributed by atoms with Crippen molar-refractivity contribution >= 4 is 59.3 Å². The molecule has 0 saturated heterocycles. The summed E-state index contributed by atoms with van der Waals surface area (Å²) in [6, 6.07) is 15.3. The Morgan fingerprint density at radius 2 is 1.64 bits per heavy atom. The molecule has 0 saturated carbocycles. The van der Waals surface area contributed by atoms with Gasteiger partial charge in [-0.15, -0.1) is 17.8 Å². The van der Waals surface area contributed by atoms with Gasteiger partial charge in [-0.25, -0.2) is 8.42 Å². The lowest BCUT2D eigenvalue weighted by molar-refractivity contribution is 0.608. The molecule has 0 spiro atoms. The Morgan fingerprint density at radius 3 is 1.96 bits per heavy atom. The molecule has 0 aliphatic carbocycles. The second kappa shape index (κ2) is 11.5. The van der Waals surface area contributed by atoms with Crippen molar-refractivity contribution in [3.05, 3.63) is 79.0 Å². The molecule has 0 unspecified atom stereocenters. The van der Waals surface area contributed by atoms with Crippen LogP contribution in [0.1, 0.15) is 21.6 Å². The molecule has 3 aromatic rings. The Labute approximate surface area is 189 Å². The Hall–Kier alpha value is -1.53. The number of nitrogens with two attached hydrogens (primary N) is 1. The molecule has 7 heteroatoms. The maximum Gasteiger partial charge on any atom is 0.261 e. The van der Waals surface area contributed by atoms with E-state index in [4.69, 9.17) is 22.8 Å². The Morgan fingerprint density at radius 1 is 1.07 bits per heavy atom. The third-order valence-electron chi connectivity index (χ3n) is 3.42. The quantitative estimate of drug-likeness (QED) is 0.173. The molecule has 3 nitrogen and oxygen atoms in total. The maximum absolute atomic E-state index is 11.2. The summed E-state index contributed by atoms with van der Waals surface area (Å²) < 4.78 is 23.4. The smallest absolute Gasteiger partial charge is 0.261 e. The predicted octanol–water partition coefficient (Wildman–Crippen LogP) is 6.14. The van der Waals surface area contributed by atoms with Gasteiger partial charge in [0, 0.05) is 19.9 Å². The number of benzene rings is 2. The van der Waals surface area contributed by atoms with Crippen molar-refractivity contribution < 1.29 is 8.42 Å². The van der Waals surface area contributed by atoms with Gasteiger partial charge in [0.15, 0.2) is 0 Å². The van der Waals surface area contributed by atoms with E-state index in [0.29, 0.717) is 11.1 Å². The molecule has 148 valence electrons. The zero-order chi connectivity index (χ0) is 21.3. The summed E-state index contributed by atoms with van der Waals surface area (Å²) in [4.78, 5) is 1.24. The topological polar surface area (TPSA) is 60.2 Å². The zero-order valence-corrected chi connectivity index (χ0v) is 20.3. The lowest BCUT2D eigenvalue weighted by atomic mass is 10.1. The molecule has 0 atom stereocenters. The summed E-state index contributed by atoms with van der Waals surface area (Å²) in [7, 11) is 1.68. The second-order valence-electron chi connectivity index (χ2n) is 5.81. The first kappa shape index (κ1) is 24.5. The first-order valence-electron chi connectivity index (χ1n) is 8.09. The van der Waals surface area contributed by atoms with E-state index in [2.05, 4.69) is 28.5 Å². The molecule has 2 N–H and O–H groups in total. The average Bonchev–Trinajstić information content (AvgIpc) is 3.10. The van der Waals surface area contributed by atoms with Crippen molar-refractivity contribution in [2.45, 2.75) is 25.7 Å². The molecular formula is C21H21ClINO2S2. The fourth-order valence-corrected chi connectivity index (χ4v) is 4.92. The second-order valence-corrected chi connectivity index (χ2v) is 10.4. The zero-order valence-electron chi connectivity index (χ0n) is 15.7. The van der Waals surface area contributed by atoms with E-state index in [0.717, 1.165) is 19.7 Å². The van der Waals surface area contributed by atoms with Crippen molar-refractivity contribution in [2.75, 3.05) is 5.73 Å². The number of thiophene rings is 1. The van der Waals surface area contributed by atoms with Crippen LogP contribution in [0.15, 0.2) is 58.8 Å². The van der Waals surface area contributed by atoms with Crippen LogP contribution in [0.25, 0.3) is 0 Å². The van der Waals surface area contributed by atoms with E-state index in [1.807, 2.05) is 60.8 Å². The molecule has 0 fully saturated rings. The summed E-state index contributed by atoms with van der Waals surface area (Å²) in [6.07, 6.45) is 5.05. The van der Waals surface area contributed by atoms with Crippen LogP contribution in [0.2, 0.25) is 0 Å². The van der Waals surface area contributed by atoms with Gasteiger partial charge in [-0.1, -0.05) is 41.8 Å². The highest BCUT2D eigenvalue weighted by atomic mass is 127. The molecule has 0 amide bonds. The van der Waals surface area contributed by atoms with E-state index in [1.165, 1.54) is 0 Å². The lowest BCUT2D eigenvalue weighted by Gasteiger charge is -2.07. The van der Waals surface area contributed by atoms with Gasteiger partial charge in [-0.2, -0.15) is 0 Å². The standard InChI is InChI=1S/C9H11ClO2S.C6H6IN.C6H4S/c1-6-4-7(2)9(8(3)5-6)13(10,11)12;7-5-3-1-2-4-6(5)8;1-2-6-4-3-5-7-6/h4-5H,1-3H3;1-4H,8H2;1,3-5H. The fraction of sp³-hybridized carbons (Fsp3) is 0.143. The van der Waals surface area contributed by atoms with Gasteiger partial charge in [0.25, 0.3) is 9.05 Å². The van der Waals surface area contributed by atoms with Gasteiger partial charge in [0.1, 0.15) is 0 Å². The summed E-state index contributed by atoms with van der Waals surface area (Å²) >= 11 is 3.79. The number of halogens is 2. The normalized spacial score (nSPS) is 10.0. The molecule has 0 radical (unpaired) electrons. The number of para-hydroxylation sites is 1. The minimum atomic E-state index is -3.61. The van der Waals surface area contributed by atoms with Crippen LogP contribution in [0.3, 0.4) is 0 Å². The minimum absolute atomic E-state index is 0.236. The first-order chi connectivity index (χ1) is 13.1. The van der Waals surface area contributed by atoms with Crippen molar-refractivity contribution in [2.24, 2.45) is 0 Å². The Kier molecular flexibility index (Phi) is 10.0. The molecule has 3 rings (SSSR count). The summed E-state index contributed by atoms with van der Waals surface area (Å²) in [5.74, 6) is 2.53. The van der Waals surface area contributed by atoms with E-state index >= 15 is 0 Å². The van der Waals surface area contributed by atoms with E-state index in [9.17, 15) is 8.42 Å². The summed E-state index contributed by atoms with van der Waals surface area (Å²) in [6.45, 7) is 5.41. The van der Waals surface area contributed by atoms with Crippen LogP contribution in [-0.2, 0) is 9.05 Å². The van der Waals surface area contributed by atoms with Gasteiger partial charge in [0.2, 0.25) is 0 Å². The monoisotopic (exact) mass is 545 g/mol. The minimum Gasteiger partial charge on any atom is -0.398 e. The number of anilines is 1. The van der Waals surface area contributed by atoms with Crippen molar-refractivity contribution in [1.29, 1.82) is 0 Å². The number of rotatable bonds is 1. The third-order valence-corrected chi connectivity index (χ3v) is 6.80. The highest BCUT2D eigenvalue weighted by Crippen LogP contribution is 2.24. The largest absolute Gasteiger partial charge is 0.398 e. The van der Waals surface area contributed by atoms with Gasteiger partial charge in [0.05, 0.1) is 9.77 Å². The average molecular weight is 546 g/mol. The molecule has 2 aromatic carbocycles. The molecule has 0 aliphatic rings. The number of hydrogen-bond acceptors (Lipinski definition) is 4. The van der Waals surface area contributed by atoms with Crippen LogP contribution in [-0.4, -0.2) is 8.42 Å². The van der Waals surface area contributed by atoms with Crippen molar-refractivity contribution in [3.63, 3.8) is 0 Å². The van der Waals surface area contributed by atoms with Crippen LogP contribution in [0.4, 0.5) is 5.69 Å². The van der Waals surface area contributed by atoms with Crippen molar-refractivity contribution in [1.82, 2.24) is 0 Å². The molecular weight excluding hydrogens is 525 g/mol. The van der Waals surface area contributed by atoms with Crippen LogP contribution < -0.4 is 5.73 Å². The van der Waals surface area contributed by atoms with Gasteiger partial charge >= 0.3 is 0 Å². The van der Waals surface area contributed by atoms with Crippen LogP contribution in [0, 0.1) is 36.7 Å². The Bertz CT molecular complexity index is 1010. The summed E-state index contributed by atoms with van der Waals surface area (Å²) in [5.41, 5.74) is 8.81. The third kappa shape index (κ3) is 8.23. The molecule has 1 heterocycles.